The third-order valence-electron chi connectivity index (χ3n) is 3.43. The Morgan fingerprint density at radius 3 is 2.44 bits per heavy atom. The average molecular weight is 363 g/mol. The fourth-order valence-corrected chi connectivity index (χ4v) is 2.32. The van der Waals surface area contributed by atoms with Crippen LogP contribution in [0.1, 0.15) is 11.1 Å². The number of carbonyl (C=O) groups is 1. The van der Waals surface area contributed by atoms with Crippen molar-refractivity contribution in [2.45, 2.75) is 6.42 Å². The Morgan fingerprint density at radius 1 is 1.08 bits per heavy atom. The summed E-state index contributed by atoms with van der Waals surface area (Å²) in [5, 5.41) is 4.45. The first-order valence-corrected chi connectivity index (χ1v) is 7.81. The van der Waals surface area contributed by atoms with Crippen molar-refractivity contribution in [2.75, 3.05) is 21.3 Å². The molecule has 0 radical (unpaired) electrons. The Balaban J connectivity index is 2.04. The number of methoxy groups -OCH3 is 3. The molecule has 0 unspecified atom stereocenters. The van der Waals surface area contributed by atoms with Crippen LogP contribution in [0.15, 0.2) is 41.5 Å². The molecule has 0 fully saturated rings. The van der Waals surface area contributed by atoms with E-state index >= 15 is 0 Å². The van der Waals surface area contributed by atoms with Crippen LogP contribution in [0.4, 0.5) is 0 Å². The maximum absolute atomic E-state index is 12.1. The van der Waals surface area contributed by atoms with Gasteiger partial charge in [0.05, 0.1) is 34.0 Å². The molecule has 6 nitrogen and oxygen atoms in total. The second kappa shape index (κ2) is 8.94. The van der Waals surface area contributed by atoms with Crippen LogP contribution < -0.4 is 19.6 Å². The van der Waals surface area contributed by atoms with E-state index in [1.54, 1.807) is 57.7 Å². The molecule has 7 heteroatoms. The third-order valence-corrected chi connectivity index (χ3v) is 3.80. The van der Waals surface area contributed by atoms with Crippen LogP contribution in [0.25, 0.3) is 0 Å². The molecule has 1 N–H and O–H groups in total. The molecule has 0 saturated carbocycles. The standard InChI is InChI=1S/C18H19ClN2O4/c1-23-14-4-6-16(19)12(8-14)10-18(22)21-20-11-13-9-15(24-2)5-7-17(13)25-3/h4-9,11H,10H2,1-3H3,(H,21,22)/b20-11+. The van der Waals surface area contributed by atoms with Crippen molar-refractivity contribution in [2.24, 2.45) is 5.10 Å². The van der Waals surface area contributed by atoms with Gasteiger partial charge in [-0.1, -0.05) is 11.6 Å². The number of rotatable bonds is 7. The molecule has 0 atom stereocenters. The fraction of sp³-hybridized carbons (Fsp3) is 0.222. The van der Waals surface area contributed by atoms with Crippen molar-refractivity contribution in [3.8, 4) is 17.2 Å². The molecule has 2 aromatic rings. The Kier molecular flexibility index (Phi) is 6.65. The van der Waals surface area contributed by atoms with E-state index in [4.69, 9.17) is 25.8 Å². The van der Waals surface area contributed by atoms with E-state index < -0.39 is 0 Å². The second-order valence-electron chi connectivity index (χ2n) is 5.04. The molecule has 25 heavy (non-hydrogen) atoms. The number of carbonyl (C=O) groups excluding carboxylic acids is 1. The lowest BCUT2D eigenvalue weighted by molar-refractivity contribution is -0.120. The zero-order valence-electron chi connectivity index (χ0n) is 14.2. The van der Waals surface area contributed by atoms with Crippen molar-refractivity contribution in [3.63, 3.8) is 0 Å². The van der Waals surface area contributed by atoms with E-state index in [9.17, 15) is 4.79 Å². The molecule has 2 aromatic carbocycles. The van der Waals surface area contributed by atoms with Crippen molar-refractivity contribution < 1.29 is 19.0 Å². The van der Waals surface area contributed by atoms with Crippen LogP contribution in [0, 0.1) is 0 Å². The van der Waals surface area contributed by atoms with Crippen LogP contribution in [-0.4, -0.2) is 33.5 Å². The molecule has 0 aliphatic heterocycles. The number of hydrogen-bond donors (Lipinski definition) is 1. The Morgan fingerprint density at radius 2 is 1.76 bits per heavy atom. The number of benzene rings is 2. The van der Waals surface area contributed by atoms with Gasteiger partial charge in [-0.2, -0.15) is 5.10 Å². The zero-order chi connectivity index (χ0) is 18.2. The van der Waals surface area contributed by atoms with Gasteiger partial charge in [0.15, 0.2) is 0 Å². The van der Waals surface area contributed by atoms with Crippen molar-refractivity contribution in [1.29, 1.82) is 0 Å². The first kappa shape index (κ1) is 18.6. The van der Waals surface area contributed by atoms with E-state index in [0.717, 1.165) is 0 Å². The number of hydrazone groups is 1. The summed E-state index contributed by atoms with van der Waals surface area (Å²) in [7, 11) is 4.68. The van der Waals surface area contributed by atoms with E-state index in [0.29, 0.717) is 33.4 Å². The normalized spacial score (nSPS) is 10.6. The summed E-state index contributed by atoms with van der Waals surface area (Å²) in [5.74, 6) is 1.62. The topological polar surface area (TPSA) is 69.2 Å². The van der Waals surface area contributed by atoms with E-state index in [-0.39, 0.29) is 12.3 Å². The monoisotopic (exact) mass is 362 g/mol. The number of hydrogen-bond acceptors (Lipinski definition) is 5. The minimum absolute atomic E-state index is 0.0859. The summed E-state index contributed by atoms with van der Waals surface area (Å²) in [4.78, 5) is 12.1. The van der Waals surface area contributed by atoms with Gasteiger partial charge in [-0.05, 0) is 42.0 Å². The van der Waals surface area contributed by atoms with Gasteiger partial charge < -0.3 is 14.2 Å². The van der Waals surface area contributed by atoms with Crippen LogP contribution in [0.2, 0.25) is 5.02 Å². The summed E-state index contributed by atoms with van der Waals surface area (Å²) in [6.45, 7) is 0. The van der Waals surface area contributed by atoms with Gasteiger partial charge in [0.1, 0.15) is 17.2 Å². The Hall–Kier alpha value is -2.73. The molecule has 2 rings (SSSR count). The van der Waals surface area contributed by atoms with Gasteiger partial charge in [-0.15, -0.1) is 0 Å². The van der Waals surface area contributed by atoms with Crippen LogP contribution in [-0.2, 0) is 11.2 Å². The summed E-state index contributed by atoms with van der Waals surface area (Å²) in [6, 6.07) is 10.4. The molecular weight excluding hydrogens is 344 g/mol. The van der Waals surface area contributed by atoms with Gasteiger partial charge in [-0.25, -0.2) is 5.43 Å². The van der Waals surface area contributed by atoms with Crippen LogP contribution in [0.3, 0.4) is 0 Å². The third kappa shape index (κ3) is 5.12. The fourth-order valence-electron chi connectivity index (χ4n) is 2.14. The lowest BCUT2D eigenvalue weighted by atomic mass is 10.1. The molecule has 0 spiro atoms. The first-order valence-electron chi connectivity index (χ1n) is 7.43. The van der Waals surface area contributed by atoms with Gasteiger partial charge in [-0.3, -0.25) is 4.79 Å². The number of amides is 1. The number of nitrogens with one attached hydrogen (secondary N) is 1. The molecule has 0 aliphatic rings. The van der Waals surface area contributed by atoms with Crippen LogP contribution in [0.5, 0.6) is 17.2 Å². The molecule has 132 valence electrons. The van der Waals surface area contributed by atoms with Gasteiger partial charge in [0.25, 0.3) is 0 Å². The lowest BCUT2D eigenvalue weighted by Gasteiger charge is -2.07. The maximum Gasteiger partial charge on any atom is 0.244 e. The highest BCUT2D eigenvalue weighted by Crippen LogP contribution is 2.23. The van der Waals surface area contributed by atoms with Crippen molar-refractivity contribution in [1.82, 2.24) is 5.43 Å². The lowest BCUT2D eigenvalue weighted by Crippen LogP contribution is -2.20. The highest BCUT2D eigenvalue weighted by molar-refractivity contribution is 6.31. The van der Waals surface area contributed by atoms with Gasteiger partial charge >= 0.3 is 0 Å². The molecule has 0 aromatic heterocycles. The number of ether oxygens (including phenoxy) is 3. The Labute approximate surface area is 151 Å². The summed E-state index contributed by atoms with van der Waals surface area (Å²) < 4.78 is 15.5. The van der Waals surface area contributed by atoms with E-state index in [1.807, 2.05) is 0 Å². The van der Waals surface area contributed by atoms with Crippen molar-refractivity contribution in [3.05, 3.63) is 52.5 Å². The van der Waals surface area contributed by atoms with E-state index in [2.05, 4.69) is 10.5 Å². The summed E-state index contributed by atoms with van der Waals surface area (Å²) >= 11 is 6.10. The largest absolute Gasteiger partial charge is 0.497 e. The molecular formula is C18H19ClN2O4. The minimum Gasteiger partial charge on any atom is -0.497 e. The summed E-state index contributed by atoms with van der Waals surface area (Å²) in [6.07, 6.45) is 1.58. The average Bonchev–Trinajstić information content (AvgIpc) is 2.63. The molecule has 1 amide bonds. The molecule has 0 heterocycles. The SMILES string of the molecule is COc1ccc(OC)c(/C=N/NC(=O)Cc2cc(OC)ccc2Cl)c1. The van der Waals surface area contributed by atoms with Gasteiger partial charge in [0.2, 0.25) is 5.91 Å². The van der Waals surface area contributed by atoms with E-state index in [1.165, 1.54) is 6.21 Å². The second-order valence-corrected chi connectivity index (χ2v) is 5.44. The molecule has 0 bridgehead atoms. The highest BCUT2D eigenvalue weighted by atomic mass is 35.5. The zero-order valence-corrected chi connectivity index (χ0v) is 15.0. The smallest absolute Gasteiger partial charge is 0.244 e. The van der Waals surface area contributed by atoms with Gasteiger partial charge in [0, 0.05) is 10.6 Å². The van der Waals surface area contributed by atoms with Crippen molar-refractivity contribution >= 4 is 23.7 Å². The number of nitrogens with zero attached hydrogens (tertiary/aromatic N) is 1. The molecule has 0 aliphatic carbocycles. The summed E-state index contributed by atoms with van der Waals surface area (Å²) in [5.41, 5.74) is 3.81. The van der Waals surface area contributed by atoms with Crippen LogP contribution >= 0.6 is 11.6 Å². The highest BCUT2D eigenvalue weighted by Gasteiger charge is 2.08. The minimum atomic E-state index is -0.298. The predicted molar refractivity (Wildman–Crippen MR) is 97.0 cm³/mol. The molecule has 0 saturated heterocycles. The predicted octanol–water partition coefficient (Wildman–Crippen LogP) is 3.06. The number of halogens is 1. The first-order chi connectivity index (χ1) is 12.1. The maximum atomic E-state index is 12.1. The quantitative estimate of drug-likeness (QED) is 0.607. The Bertz CT molecular complexity index is 778.